The first-order valence-corrected chi connectivity index (χ1v) is 4.69. The van der Waals surface area contributed by atoms with Gasteiger partial charge in [-0.3, -0.25) is 0 Å². The van der Waals surface area contributed by atoms with Gasteiger partial charge in [-0.2, -0.15) is 0 Å². The molecular formula is C9H15NO3. The van der Waals surface area contributed by atoms with Crippen molar-refractivity contribution in [3.05, 3.63) is 0 Å². The number of nitrogens with zero attached hydrogens (tertiary/aromatic N) is 1. The van der Waals surface area contributed by atoms with Crippen LogP contribution in [0, 0.1) is 5.92 Å². The molecule has 2 fully saturated rings. The first-order valence-electron chi connectivity index (χ1n) is 4.69. The van der Waals surface area contributed by atoms with E-state index in [9.17, 15) is 4.79 Å². The van der Waals surface area contributed by atoms with Crippen LogP contribution in [0.2, 0.25) is 0 Å². The van der Waals surface area contributed by atoms with Crippen molar-refractivity contribution in [1.82, 2.24) is 4.90 Å². The smallest absolute Gasteiger partial charge is 0.407 e. The number of morpholine rings is 1. The average molecular weight is 185 g/mol. The lowest BCUT2D eigenvalue weighted by molar-refractivity contribution is 0.116. The minimum Gasteiger partial charge on any atom is -0.465 e. The fraction of sp³-hybridized carbons (Fsp3) is 0.889. The number of amides is 1. The van der Waals surface area contributed by atoms with E-state index in [1.54, 1.807) is 0 Å². The van der Waals surface area contributed by atoms with Gasteiger partial charge in [0.15, 0.2) is 0 Å². The lowest BCUT2D eigenvalue weighted by Gasteiger charge is -2.17. The van der Waals surface area contributed by atoms with Gasteiger partial charge in [-0.1, -0.05) is 13.8 Å². The van der Waals surface area contributed by atoms with Crippen LogP contribution in [0.4, 0.5) is 4.79 Å². The maximum Gasteiger partial charge on any atom is 0.407 e. The molecule has 0 aromatic heterocycles. The lowest BCUT2D eigenvalue weighted by Crippen LogP contribution is -2.33. The number of rotatable bonds is 2. The summed E-state index contributed by atoms with van der Waals surface area (Å²) in [5.74, 6) is 0.568. The fourth-order valence-electron chi connectivity index (χ4n) is 2.26. The molecule has 74 valence electrons. The predicted octanol–water partition coefficient (Wildman–Crippen LogP) is 1.16. The molecule has 0 saturated carbocycles. The van der Waals surface area contributed by atoms with Gasteiger partial charge in [0, 0.05) is 0 Å². The molecule has 0 aliphatic carbocycles. The molecule has 0 aromatic rings. The van der Waals surface area contributed by atoms with Gasteiger partial charge in [-0.25, -0.2) is 4.79 Å². The number of carboxylic acid groups (broad SMARTS) is 1. The Balaban J connectivity index is 1.96. The zero-order valence-electron chi connectivity index (χ0n) is 7.99. The van der Waals surface area contributed by atoms with Crippen molar-refractivity contribution in [2.45, 2.75) is 32.0 Å². The number of fused-ring (bicyclic) bond motifs is 1. The second kappa shape index (κ2) is 2.61. The Morgan fingerprint density at radius 2 is 2.46 bits per heavy atom. The van der Waals surface area contributed by atoms with Crippen molar-refractivity contribution in [3.8, 4) is 0 Å². The molecule has 2 saturated heterocycles. The van der Waals surface area contributed by atoms with E-state index in [1.165, 1.54) is 4.90 Å². The summed E-state index contributed by atoms with van der Waals surface area (Å²) >= 11 is 0. The quantitative estimate of drug-likeness (QED) is 0.657. The first kappa shape index (κ1) is 8.81. The largest absolute Gasteiger partial charge is 0.465 e. The third kappa shape index (κ3) is 1.39. The van der Waals surface area contributed by atoms with E-state index in [0.717, 1.165) is 6.42 Å². The second-order valence-corrected chi connectivity index (χ2v) is 4.43. The molecule has 2 atom stereocenters. The van der Waals surface area contributed by atoms with E-state index in [1.807, 2.05) is 0 Å². The highest BCUT2D eigenvalue weighted by atomic mass is 16.6. The fourth-order valence-corrected chi connectivity index (χ4v) is 2.26. The molecule has 0 spiro atoms. The summed E-state index contributed by atoms with van der Waals surface area (Å²) in [6.07, 6.45) is 0.325. The van der Waals surface area contributed by atoms with Crippen LogP contribution in [0.25, 0.3) is 0 Å². The van der Waals surface area contributed by atoms with E-state index >= 15 is 0 Å². The number of carbonyl (C=O) groups is 1. The maximum atomic E-state index is 10.7. The normalized spacial score (nSPS) is 36.5. The van der Waals surface area contributed by atoms with Crippen LogP contribution in [0.5, 0.6) is 0 Å². The molecular weight excluding hydrogens is 170 g/mol. The van der Waals surface area contributed by atoms with Gasteiger partial charge in [0.2, 0.25) is 0 Å². The molecule has 2 unspecified atom stereocenters. The monoisotopic (exact) mass is 185 g/mol. The molecule has 0 radical (unpaired) electrons. The Labute approximate surface area is 77.5 Å². The lowest BCUT2D eigenvalue weighted by atomic mass is 9.96. The zero-order chi connectivity index (χ0) is 9.64. The molecule has 2 heterocycles. The average Bonchev–Trinajstić information content (AvgIpc) is 2.51. The van der Waals surface area contributed by atoms with E-state index in [4.69, 9.17) is 9.84 Å². The van der Waals surface area contributed by atoms with Crippen LogP contribution in [-0.2, 0) is 4.74 Å². The third-order valence-corrected chi connectivity index (χ3v) is 2.78. The first-order chi connectivity index (χ1) is 6.03. The highest BCUT2D eigenvalue weighted by molar-refractivity contribution is 5.66. The Morgan fingerprint density at radius 3 is 2.92 bits per heavy atom. The van der Waals surface area contributed by atoms with E-state index in [-0.39, 0.29) is 11.7 Å². The zero-order valence-corrected chi connectivity index (χ0v) is 7.99. The molecule has 1 amide bonds. The van der Waals surface area contributed by atoms with Crippen molar-refractivity contribution in [3.63, 3.8) is 0 Å². The maximum absolute atomic E-state index is 10.7. The van der Waals surface area contributed by atoms with Crippen LogP contribution in [0.1, 0.15) is 20.3 Å². The van der Waals surface area contributed by atoms with Crippen molar-refractivity contribution in [1.29, 1.82) is 0 Å². The van der Waals surface area contributed by atoms with Crippen LogP contribution >= 0.6 is 0 Å². The second-order valence-electron chi connectivity index (χ2n) is 4.43. The Kier molecular flexibility index (Phi) is 1.77. The van der Waals surface area contributed by atoms with Crippen LogP contribution in [0.3, 0.4) is 0 Å². The summed E-state index contributed by atoms with van der Waals surface area (Å²) in [6.45, 7) is 5.39. The van der Waals surface area contributed by atoms with Crippen molar-refractivity contribution >= 4 is 6.09 Å². The van der Waals surface area contributed by atoms with Crippen LogP contribution in [0.15, 0.2) is 0 Å². The molecule has 0 aromatic carbocycles. The van der Waals surface area contributed by atoms with Gasteiger partial charge in [0.1, 0.15) is 11.7 Å². The molecule has 4 nitrogen and oxygen atoms in total. The van der Waals surface area contributed by atoms with Gasteiger partial charge in [0.25, 0.3) is 0 Å². The van der Waals surface area contributed by atoms with Gasteiger partial charge >= 0.3 is 6.09 Å². The minimum absolute atomic E-state index is 0.118. The molecule has 4 heteroatoms. The summed E-state index contributed by atoms with van der Waals surface area (Å²) in [6, 6.07) is 0. The SMILES string of the molecule is CC(C)CC12CN(C(=O)O)CC1O2. The Morgan fingerprint density at radius 1 is 1.77 bits per heavy atom. The summed E-state index contributed by atoms with van der Waals surface area (Å²) in [5, 5.41) is 8.77. The van der Waals surface area contributed by atoms with E-state index in [0.29, 0.717) is 19.0 Å². The topological polar surface area (TPSA) is 53.1 Å². The van der Waals surface area contributed by atoms with Crippen LogP contribution < -0.4 is 0 Å². The molecule has 2 rings (SSSR count). The van der Waals surface area contributed by atoms with E-state index < -0.39 is 6.09 Å². The molecule has 1 N–H and O–H groups in total. The van der Waals surface area contributed by atoms with Gasteiger partial charge in [0.05, 0.1) is 13.1 Å². The predicted molar refractivity (Wildman–Crippen MR) is 46.7 cm³/mol. The highest BCUT2D eigenvalue weighted by Gasteiger charge is 2.63. The summed E-state index contributed by atoms with van der Waals surface area (Å²) in [7, 11) is 0. The van der Waals surface area contributed by atoms with Crippen molar-refractivity contribution < 1.29 is 14.6 Å². The molecule has 2 aliphatic rings. The molecule has 2 aliphatic heterocycles. The van der Waals surface area contributed by atoms with Gasteiger partial charge < -0.3 is 14.7 Å². The van der Waals surface area contributed by atoms with Crippen molar-refractivity contribution in [2.24, 2.45) is 5.92 Å². The number of ether oxygens (including phenoxy) is 1. The van der Waals surface area contributed by atoms with E-state index in [2.05, 4.69) is 13.8 Å². The number of hydrogen-bond acceptors (Lipinski definition) is 2. The summed E-state index contributed by atoms with van der Waals surface area (Å²) < 4.78 is 5.53. The van der Waals surface area contributed by atoms with Crippen molar-refractivity contribution in [2.75, 3.05) is 13.1 Å². The van der Waals surface area contributed by atoms with Gasteiger partial charge in [-0.05, 0) is 12.3 Å². The Hall–Kier alpha value is -0.770. The number of likely N-dealkylation sites (tertiary alicyclic amines) is 1. The molecule has 13 heavy (non-hydrogen) atoms. The van der Waals surface area contributed by atoms with Crippen LogP contribution in [-0.4, -0.2) is 40.9 Å². The Bertz CT molecular complexity index is 241. The summed E-state index contributed by atoms with van der Waals surface area (Å²) in [4.78, 5) is 12.1. The minimum atomic E-state index is -0.820. The van der Waals surface area contributed by atoms with Gasteiger partial charge in [-0.15, -0.1) is 0 Å². The summed E-state index contributed by atoms with van der Waals surface area (Å²) in [5.41, 5.74) is -0.118. The standard InChI is InChI=1S/C9H15NO3/c1-6(2)3-9-5-10(8(11)12)4-7(9)13-9/h6-7H,3-5H2,1-2H3,(H,11,12). The number of epoxide rings is 1. The highest BCUT2D eigenvalue weighted by Crippen LogP contribution is 2.47. The molecule has 0 bridgehead atoms. The third-order valence-electron chi connectivity index (χ3n) is 2.78. The number of hydrogen-bond donors (Lipinski definition) is 1.